The van der Waals surface area contributed by atoms with Crippen molar-refractivity contribution in [2.75, 3.05) is 18.2 Å². The van der Waals surface area contributed by atoms with Crippen LogP contribution in [0.1, 0.15) is 51.0 Å². The van der Waals surface area contributed by atoms with E-state index in [4.69, 9.17) is 15.2 Å². The van der Waals surface area contributed by atoms with Crippen LogP contribution in [0.2, 0.25) is 0 Å². The molecule has 0 saturated heterocycles. The first-order valence-electron chi connectivity index (χ1n) is 11.2. The summed E-state index contributed by atoms with van der Waals surface area (Å²) in [4.78, 5) is 12.2. The number of carbonyl (C=O) groups is 1. The number of anilines is 2. The lowest BCUT2D eigenvalue weighted by Gasteiger charge is -2.30. The molecule has 2 fully saturated rings. The summed E-state index contributed by atoms with van der Waals surface area (Å²) < 4.78 is 13.3. The highest BCUT2D eigenvalue weighted by Gasteiger charge is 2.27. The molecular weight excluding hydrogens is 390 g/mol. The lowest BCUT2D eigenvalue weighted by Crippen LogP contribution is -2.20. The summed E-state index contributed by atoms with van der Waals surface area (Å²) in [5, 5.41) is 3.89. The molecule has 5 rings (SSSR count). The van der Waals surface area contributed by atoms with E-state index in [2.05, 4.69) is 16.0 Å². The molecule has 1 amide bonds. The van der Waals surface area contributed by atoms with Crippen molar-refractivity contribution in [2.45, 2.75) is 57.1 Å². The number of fused-ring (bicyclic) bond motifs is 1. The summed E-state index contributed by atoms with van der Waals surface area (Å²) in [5.41, 5.74) is 11.3. The third-order valence-corrected chi connectivity index (χ3v) is 6.67. The zero-order valence-electron chi connectivity index (χ0n) is 17.9. The van der Waals surface area contributed by atoms with Crippen molar-refractivity contribution in [3.05, 3.63) is 42.5 Å². The number of nitrogens with zero attached hydrogens (tertiary/aromatic N) is 1. The Morgan fingerprint density at radius 2 is 1.77 bits per heavy atom. The molecule has 3 aromatic rings. The van der Waals surface area contributed by atoms with Gasteiger partial charge < -0.3 is 19.8 Å². The first-order chi connectivity index (χ1) is 15.1. The number of nitrogen functional groups attached to an aromatic ring is 1. The van der Waals surface area contributed by atoms with E-state index >= 15 is 0 Å². The standard InChI is InChI=1S/C25H29N3O3/c1-30-20-13-14-21-22(15-20)28(18-5-4-6-18)24(23(21)26)16-9-11-17(12-10-16)27-25(29)31-19-7-2-3-8-19/h9-15,18-19H,2-8,26H2,1H3,(H,27,29). The molecule has 0 atom stereocenters. The number of carbonyl (C=O) groups excluding carboxylic acids is 1. The van der Waals surface area contributed by atoms with Crippen LogP contribution >= 0.6 is 0 Å². The van der Waals surface area contributed by atoms with Gasteiger partial charge in [-0.05, 0) is 69.2 Å². The zero-order valence-corrected chi connectivity index (χ0v) is 17.9. The van der Waals surface area contributed by atoms with Crippen LogP contribution in [0.5, 0.6) is 5.75 Å². The fourth-order valence-corrected chi connectivity index (χ4v) is 4.78. The fourth-order valence-electron chi connectivity index (χ4n) is 4.78. The van der Waals surface area contributed by atoms with E-state index < -0.39 is 0 Å². The Bertz CT molecular complexity index is 1090. The van der Waals surface area contributed by atoms with Crippen LogP contribution in [0.4, 0.5) is 16.2 Å². The predicted molar refractivity (Wildman–Crippen MR) is 124 cm³/mol. The van der Waals surface area contributed by atoms with Crippen molar-refractivity contribution in [1.82, 2.24) is 4.57 Å². The maximum absolute atomic E-state index is 12.2. The molecule has 6 heteroatoms. The third kappa shape index (κ3) is 3.71. The molecule has 0 bridgehead atoms. The lowest BCUT2D eigenvalue weighted by atomic mass is 9.92. The Hall–Kier alpha value is -3.15. The van der Waals surface area contributed by atoms with E-state index in [0.29, 0.717) is 6.04 Å². The second kappa shape index (κ2) is 8.17. The van der Waals surface area contributed by atoms with Crippen LogP contribution in [0, 0.1) is 0 Å². The molecule has 6 nitrogen and oxygen atoms in total. The summed E-state index contributed by atoms with van der Waals surface area (Å²) in [7, 11) is 1.69. The third-order valence-electron chi connectivity index (χ3n) is 6.67. The van der Waals surface area contributed by atoms with Crippen molar-refractivity contribution in [3.63, 3.8) is 0 Å². The maximum Gasteiger partial charge on any atom is 0.411 e. The Kier molecular flexibility index (Phi) is 5.22. The molecule has 2 aromatic carbocycles. The van der Waals surface area contributed by atoms with Crippen LogP contribution in [0.15, 0.2) is 42.5 Å². The minimum atomic E-state index is -0.380. The molecule has 1 aromatic heterocycles. The van der Waals surface area contributed by atoms with Crippen molar-refractivity contribution < 1.29 is 14.3 Å². The first kappa shape index (κ1) is 19.8. The second-order valence-corrected chi connectivity index (χ2v) is 8.61. The summed E-state index contributed by atoms with van der Waals surface area (Å²) in [5.74, 6) is 0.831. The molecule has 0 radical (unpaired) electrons. The van der Waals surface area contributed by atoms with Gasteiger partial charge in [-0.15, -0.1) is 0 Å². The predicted octanol–water partition coefficient (Wildman–Crippen LogP) is 6.12. The van der Waals surface area contributed by atoms with Crippen molar-refractivity contribution >= 4 is 28.4 Å². The largest absolute Gasteiger partial charge is 0.497 e. The SMILES string of the molecule is COc1ccc2c(N)c(-c3ccc(NC(=O)OC4CCCC4)cc3)n(C3CCC3)c2c1. The lowest BCUT2D eigenvalue weighted by molar-refractivity contribution is 0.114. The number of amides is 1. The molecule has 2 saturated carbocycles. The van der Waals surface area contributed by atoms with E-state index in [1.807, 2.05) is 36.4 Å². The maximum atomic E-state index is 12.2. The smallest absolute Gasteiger partial charge is 0.411 e. The number of nitrogens with two attached hydrogens (primary N) is 1. The number of hydrogen-bond donors (Lipinski definition) is 2. The molecule has 0 aliphatic heterocycles. The van der Waals surface area contributed by atoms with Crippen molar-refractivity contribution in [1.29, 1.82) is 0 Å². The number of methoxy groups -OCH3 is 1. The summed E-state index contributed by atoms with van der Waals surface area (Å²) in [6, 6.07) is 14.4. The first-order valence-corrected chi connectivity index (χ1v) is 11.2. The van der Waals surface area contributed by atoms with Gasteiger partial charge in [-0.3, -0.25) is 5.32 Å². The minimum absolute atomic E-state index is 0.0502. The number of aromatic nitrogens is 1. The number of rotatable bonds is 5. The van der Waals surface area contributed by atoms with Crippen LogP contribution in [0.3, 0.4) is 0 Å². The van der Waals surface area contributed by atoms with Crippen LogP contribution in [-0.4, -0.2) is 23.9 Å². The monoisotopic (exact) mass is 419 g/mol. The van der Waals surface area contributed by atoms with Crippen LogP contribution < -0.4 is 15.8 Å². The number of nitrogens with one attached hydrogen (secondary N) is 1. The second-order valence-electron chi connectivity index (χ2n) is 8.61. The number of hydrogen-bond acceptors (Lipinski definition) is 4. The minimum Gasteiger partial charge on any atom is -0.497 e. The van der Waals surface area contributed by atoms with Gasteiger partial charge >= 0.3 is 6.09 Å². The highest BCUT2D eigenvalue weighted by Crippen LogP contribution is 2.44. The topological polar surface area (TPSA) is 78.5 Å². The highest BCUT2D eigenvalue weighted by molar-refractivity contribution is 6.01. The quantitative estimate of drug-likeness (QED) is 0.522. The van der Waals surface area contributed by atoms with Crippen LogP contribution in [-0.2, 0) is 4.74 Å². The van der Waals surface area contributed by atoms with E-state index in [1.54, 1.807) is 7.11 Å². The molecule has 162 valence electrons. The molecule has 2 aliphatic carbocycles. The van der Waals surface area contributed by atoms with Crippen molar-refractivity contribution in [2.24, 2.45) is 0 Å². The Balaban J connectivity index is 1.44. The molecule has 1 heterocycles. The van der Waals surface area contributed by atoms with Gasteiger partial charge in [0.1, 0.15) is 11.9 Å². The molecule has 0 spiro atoms. The number of ether oxygens (including phenoxy) is 2. The van der Waals surface area contributed by atoms with Gasteiger partial charge in [0.15, 0.2) is 0 Å². The van der Waals surface area contributed by atoms with E-state index in [1.165, 1.54) is 6.42 Å². The average Bonchev–Trinajstić information content (AvgIpc) is 3.34. The molecular formula is C25H29N3O3. The van der Waals surface area contributed by atoms with E-state index in [0.717, 1.165) is 77.8 Å². The average molecular weight is 420 g/mol. The summed E-state index contributed by atoms with van der Waals surface area (Å²) >= 11 is 0. The molecule has 0 unspecified atom stereocenters. The summed E-state index contributed by atoms with van der Waals surface area (Å²) in [6.07, 6.45) is 7.40. The van der Waals surface area contributed by atoms with Gasteiger partial charge in [0.05, 0.1) is 24.0 Å². The molecule has 31 heavy (non-hydrogen) atoms. The van der Waals surface area contributed by atoms with Gasteiger partial charge in [0, 0.05) is 28.7 Å². The number of benzene rings is 2. The fraction of sp³-hybridized carbons (Fsp3) is 0.400. The van der Waals surface area contributed by atoms with Gasteiger partial charge in [-0.1, -0.05) is 12.1 Å². The van der Waals surface area contributed by atoms with Gasteiger partial charge in [-0.25, -0.2) is 4.79 Å². The van der Waals surface area contributed by atoms with Crippen molar-refractivity contribution in [3.8, 4) is 17.0 Å². The van der Waals surface area contributed by atoms with Gasteiger partial charge in [0.25, 0.3) is 0 Å². The van der Waals surface area contributed by atoms with E-state index in [-0.39, 0.29) is 12.2 Å². The van der Waals surface area contributed by atoms with Crippen LogP contribution in [0.25, 0.3) is 22.2 Å². The Labute approximate surface area is 182 Å². The molecule has 2 aliphatic rings. The van der Waals surface area contributed by atoms with Gasteiger partial charge in [0.2, 0.25) is 0 Å². The summed E-state index contributed by atoms with van der Waals surface area (Å²) in [6.45, 7) is 0. The highest BCUT2D eigenvalue weighted by atomic mass is 16.6. The Morgan fingerprint density at radius 3 is 2.42 bits per heavy atom. The zero-order chi connectivity index (χ0) is 21.4. The normalized spacial score (nSPS) is 16.9. The molecule has 3 N–H and O–H groups in total. The van der Waals surface area contributed by atoms with Gasteiger partial charge in [-0.2, -0.15) is 0 Å². The van der Waals surface area contributed by atoms with E-state index in [9.17, 15) is 4.79 Å². The Morgan fingerprint density at radius 1 is 1.03 bits per heavy atom.